The van der Waals surface area contributed by atoms with Crippen LogP contribution in [0.15, 0.2) is 6.08 Å². The van der Waals surface area contributed by atoms with Crippen molar-refractivity contribution in [3.63, 3.8) is 0 Å². The van der Waals surface area contributed by atoms with Crippen LogP contribution in [0, 0.1) is 5.92 Å². The molecule has 0 spiro atoms. The van der Waals surface area contributed by atoms with E-state index in [9.17, 15) is 0 Å². The maximum absolute atomic E-state index is 5.77. The molecule has 1 aromatic rings. The molecule has 4 nitrogen and oxygen atoms in total. The molecule has 3 heterocycles. The number of fused-ring (bicyclic) bond motifs is 2. The number of hydrogen-bond acceptors (Lipinski definition) is 5. The van der Waals surface area contributed by atoms with Crippen LogP contribution in [0.4, 0.5) is 0 Å². The highest BCUT2D eigenvalue weighted by Gasteiger charge is 2.27. The summed E-state index contributed by atoms with van der Waals surface area (Å²) in [6.45, 7) is 6.35. The Morgan fingerprint density at radius 1 is 1.47 bits per heavy atom. The van der Waals surface area contributed by atoms with Crippen molar-refractivity contribution in [3.8, 4) is 5.88 Å². The van der Waals surface area contributed by atoms with E-state index in [4.69, 9.17) is 4.74 Å². The molecule has 1 fully saturated rings. The van der Waals surface area contributed by atoms with Gasteiger partial charge in [-0.3, -0.25) is 4.90 Å². The van der Waals surface area contributed by atoms with E-state index in [1.54, 1.807) is 0 Å². The second-order valence-corrected chi connectivity index (χ2v) is 5.98. The SMILES string of the molecule is CCCCOc1nsnc1C1=CC2CCCN(C1)C2. The normalized spacial score (nSPS) is 26.1. The first-order valence-electron chi connectivity index (χ1n) is 7.25. The summed E-state index contributed by atoms with van der Waals surface area (Å²) in [6, 6.07) is 0. The lowest BCUT2D eigenvalue weighted by molar-refractivity contribution is 0.207. The molecule has 2 atom stereocenters. The molecule has 104 valence electrons. The number of nitrogens with zero attached hydrogens (tertiary/aromatic N) is 3. The van der Waals surface area contributed by atoms with E-state index in [0.29, 0.717) is 5.92 Å². The molecule has 2 aliphatic rings. The summed E-state index contributed by atoms with van der Waals surface area (Å²) in [6.07, 6.45) is 7.25. The van der Waals surface area contributed by atoms with E-state index in [1.807, 2.05) is 0 Å². The molecule has 0 saturated carbocycles. The van der Waals surface area contributed by atoms with Crippen molar-refractivity contribution in [2.75, 3.05) is 26.2 Å². The number of aromatic nitrogens is 2. The van der Waals surface area contributed by atoms with Crippen LogP contribution < -0.4 is 4.74 Å². The summed E-state index contributed by atoms with van der Waals surface area (Å²) in [5.74, 6) is 1.44. The predicted octanol–water partition coefficient (Wildman–Crippen LogP) is 2.83. The summed E-state index contributed by atoms with van der Waals surface area (Å²) >= 11 is 1.26. The van der Waals surface area contributed by atoms with Gasteiger partial charge in [-0.25, -0.2) is 0 Å². The Bertz CT molecular complexity index is 457. The molecule has 1 aromatic heterocycles. The van der Waals surface area contributed by atoms with Crippen molar-refractivity contribution in [2.24, 2.45) is 5.92 Å². The fourth-order valence-electron chi connectivity index (χ4n) is 2.89. The highest BCUT2D eigenvalue weighted by Crippen LogP contribution is 2.32. The number of rotatable bonds is 5. The third kappa shape index (κ3) is 2.98. The minimum atomic E-state index is 0.697. The van der Waals surface area contributed by atoms with Crippen LogP contribution in [-0.4, -0.2) is 39.9 Å². The van der Waals surface area contributed by atoms with Gasteiger partial charge in [-0.1, -0.05) is 19.4 Å². The number of ether oxygens (including phenoxy) is 1. The molecule has 0 aromatic carbocycles. The summed E-state index contributed by atoms with van der Waals surface area (Å²) in [5.41, 5.74) is 2.30. The third-order valence-corrected chi connectivity index (χ3v) is 4.38. The Balaban J connectivity index is 1.75. The van der Waals surface area contributed by atoms with Crippen molar-refractivity contribution in [2.45, 2.75) is 32.6 Å². The van der Waals surface area contributed by atoms with Crippen LogP contribution in [0.25, 0.3) is 5.57 Å². The highest BCUT2D eigenvalue weighted by molar-refractivity contribution is 6.99. The zero-order valence-electron chi connectivity index (χ0n) is 11.5. The smallest absolute Gasteiger partial charge is 0.253 e. The molecule has 5 heteroatoms. The molecule has 0 N–H and O–H groups in total. The van der Waals surface area contributed by atoms with Crippen molar-refractivity contribution < 1.29 is 4.74 Å². The van der Waals surface area contributed by atoms with Crippen molar-refractivity contribution in [3.05, 3.63) is 11.8 Å². The van der Waals surface area contributed by atoms with Gasteiger partial charge in [0.2, 0.25) is 0 Å². The average molecular weight is 279 g/mol. The fourth-order valence-corrected chi connectivity index (χ4v) is 3.42. The Labute approximate surface area is 118 Å². The van der Waals surface area contributed by atoms with Crippen LogP contribution in [0.5, 0.6) is 5.88 Å². The minimum Gasteiger partial charge on any atom is -0.475 e. The zero-order chi connectivity index (χ0) is 13.1. The van der Waals surface area contributed by atoms with Gasteiger partial charge in [0.05, 0.1) is 18.3 Å². The lowest BCUT2D eigenvalue weighted by Crippen LogP contribution is -2.39. The summed E-state index contributed by atoms with van der Waals surface area (Å²) in [5, 5.41) is 0. The third-order valence-electron chi connectivity index (χ3n) is 3.87. The van der Waals surface area contributed by atoms with Gasteiger partial charge in [0.25, 0.3) is 5.88 Å². The van der Waals surface area contributed by atoms with Gasteiger partial charge in [0, 0.05) is 13.1 Å². The van der Waals surface area contributed by atoms with Crippen LogP contribution in [0.3, 0.4) is 0 Å². The molecule has 3 rings (SSSR count). The molecule has 2 unspecified atom stereocenters. The zero-order valence-corrected chi connectivity index (χ0v) is 12.3. The van der Waals surface area contributed by atoms with E-state index in [-0.39, 0.29) is 0 Å². The van der Waals surface area contributed by atoms with Gasteiger partial charge in [0.15, 0.2) is 0 Å². The van der Waals surface area contributed by atoms with Crippen LogP contribution in [-0.2, 0) is 0 Å². The average Bonchev–Trinajstić information content (AvgIpc) is 2.87. The van der Waals surface area contributed by atoms with Crippen LogP contribution in [0.2, 0.25) is 0 Å². The molecule has 2 aliphatic heterocycles. The quantitative estimate of drug-likeness (QED) is 0.777. The van der Waals surface area contributed by atoms with Crippen molar-refractivity contribution >= 4 is 17.3 Å². The Hall–Kier alpha value is -0.940. The standard InChI is InChI=1S/C14H21N3OS/c1-2-3-7-18-14-13(15-19-16-14)12-8-11-5-4-6-17(9-11)10-12/h8,11H,2-7,9-10H2,1H3. The molecule has 0 aliphatic carbocycles. The first-order valence-corrected chi connectivity index (χ1v) is 7.98. The predicted molar refractivity (Wildman–Crippen MR) is 77.5 cm³/mol. The Morgan fingerprint density at radius 3 is 3.26 bits per heavy atom. The van der Waals surface area contributed by atoms with Gasteiger partial charge in [0.1, 0.15) is 5.69 Å². The van der Waals surface area contributed by atoms with Gasteiger partial charge in [-0.2, -0.15) is 4.37 Å². The number of unbranched alkanes of at least 4 members (excludes halogenated alkanes) is 1. The van der Waals surface area contributed by atoms with Crippen LogP contribution >= 0.6 is 11.7 Å². The van der Waals surface area contributed by atoms with E-state index in [0.717, 1.165) is 37.6 Å². The lowest BCUT2D eigenvalue weighted by atomic mass is 9.90. The molecule has 0 radical (unpaired) electrons. The van der Waals surface area contributed by atoms with Crippen LogP contribution in [0.1, 0.15) is 38.3 Å². The molecular weight excluding hydrogens is 258 g/mol. The van der Waals surface area contributed by atoms with E-state index < -0.39 is 0 Å². The number of hydrogen-bond donors (Lipinski definition) is 0. The molecule has 1 saturated heterocycles. The van der Waals surface area contributed by atoms with Gasteiger partial charge >= 0.3 is 0 Å². The first-order chi connectivity index (χ1) is 9.36. The molecule has 0 amide bonds. The van der Waals surface area contributed by atoms with E-state index in [1.165, 1.54) is 43.2 Å². The molecular formula is C14H21N3OS. The molecule has 19 heavy (non-hydrogen) atoms. The van der Waals surface area contributed by atoms with E-state index in [2.05, 4.69) is 26.6 Å². The van der Waals surface area contributed by atoms with Gasteiger partial charge in [-0.15, -0.1) is 4.37 Å². The second kappa shape index (κ2) is 6.01. The second-order valence-electron chi connectivity index (χ2n) is 5.45. The monoisotopic (exact) mass is 279 g/mol. The summed E-state index contributed by atoms with van der Waals surface area (Å²) in [7, 11) is 0. The molecule has 2 bridgehead atoms. The largest absolute Gasteiger partial charge is 0.475 e. The van der Waals surface area contributed by atoms with E-state index >= 15 is 0 Å². The van der Waals surface area contributed by atoms with Crippen molar-refractivity contribution in [1.29, 1.82) is 0 Å². The van der Waals surface area contributed by atoms with Crippen molar-refractivity contribution in [1.82, 2.24) is 13.6 Å². The first kappa shape index (κ1) is 13.1. The fraction of sp³-hybridized carbons (Fsp3) is 0.714. The Morgan fingerprint density at radius 2 is 2.42 bits per heavy atom. The Kier molecular flexibility index (Phi) is 4.13. The minimum absolute atomic E-state index is 0.697. The topological polar surface area (TPSA) is 38.3 Å². The van der Waals surface area contributed by atoms with Gasteiger partial charge < -0.3 is 4.74 Å². The summed E-state index contributed by atoms with van der Waals surface area (Å²) < 4.78 is 14.5. The van der Waals surface area contributed by atoms with Gasteiger partial charge in [-0.05, 0) is 37.3 Å². The highest BCUT2D eigenvalue weighted by atomic mass is 32.1. The maximum Gasteiger partial charge on any atom is 0.253 e. The maximum atomic E-state index is 5.77. The number of piperidine rings is 1. The lowest BCUT2D eigenvalue weighted by Gasteiger charge is -2.36. The summed E-state index contributed by atoms with van der Waals surface area (Å²) in [4.78, 5) is 2.53.